The molecule has 0 bridgehead atoms. The highest BCUT2D eigenvalue weighted by atomic mass is 127. The Kier molecular flexibility index (Phi) is 11.0. The van der Waals surface area contributed by atoms with E-state index in [1.165, 1.54) is 12.8 Å². The van der Waals surface area contributed by atoms with Crippen LogP contribution in [0.5, 0.6) is 11.5 Å². The van der Waals surface area contributed by atoms with Gasteiger partial charge in [0.1, 0.15) is 0 Å². The third-order valence-electron chi connectivity index (χ3n) is 6.65. The number of hydrogen-bond donors (Lipinski definition) is 2. The van der Waals surface area contributed by atoms with Crippen LogP contribution in [0.4, 0.5) is 0 Å². The Balaban J connectivity index is 0.00000385. The van der Waals surface area contributed by atoms with Gasteiger partial charge in [0, 0.05) is 38.6 Å². The standard InChI is InChI=1S/C24H39N5O3.HI/c1-25-24(27-19-12-13-29(16-19)23(30)17-8-6-7-9-17)26-15-20(28(2)3)18-10-11-21(31-4)22(14-18)32-5;/h10-11,14,17,19-20H,6-9,12-13,15-16H2,1-5H3,(H2,25,26,27);1H. The molecule has 1 aromatic rings. The van der Waals surface area contributed by atoms with E-state index in [4.69, 9.17) is 9.47 Å². The predicted octanol–water partition coefficient (Wildman–Crippen LogP) is 2.88. The van der Waals surface area contributed by atoms with E-state index < -0.39 is 0 Å². The summed E-state index contributed by atoms with van der Waals surface area (Å²) in [5, 5.41) is 6.97. The molecule has 2 aliphatic rings. The van der Waals surface area contributed by atoms with E-state index in [1.807, 2.05) is 17.0 Å². The molecule has 2 fully saturated rings. The van der Waals surface area contributed by atoms with Crippen molar-refractivity contribution in [1.29, 1.82) is 0 Å². The molecule has 0 radical (unpaired) electrons. The Labute approximate surface area is 215 Å². The summed E-state index contributed by atoms with van der Waals surface area (Å²) >= 11 is 0. The zero-order chi connectivity index (χ0) is 23.1. The van der Waals surface area contributed by atoms with Crippen LogP contribution >= 0.6 is 24.0 Å². The minimum absolute atomic E-state index is 0. The second kappa shape index (κ2) is 13.2. The lowest BCUT2D eigenvalue weighted by Crippen LogP contribution is -2.47. The highest BCUT2D eigenvalue weighted by Gasteiger charge is 2.32. The van der Waals surface area contributed by atoms with Crippen LogP contribution in [0.25, 0.3) is 0 Å². The molecule has 186 valence electrons. The van der Waals surface area contributed by atoms with Gasteiger partial charge in [0.15, 0.2) is 17.5 Å². The van der Waals surface area contributed by atoms with Crippen LogP contribution in [0.3, 0.4) is 0 Å². The van der Waals surface area contributed by atoms with Crippen molar-refractivity contribution >= 4 is 35.8 Å². The number of methoxy groups -OCH3 is 2. The molecular formula is C24H40IN5O3. The minimum Gasteiger partial charge on any atom is -0.493 e. The zero-order valence-electron chi connectivity index (χ0n) is 20.6. The average Bonchev–Trinajstić information content (AvgIpc) is 3.50. The van der Waals surface area contributed by atoms with Crippen molar-refractivity contribution in [3.05, 3.63) is 23.8 Å². The first kappa shape index (κ1) is 27.5. The number of likely N-dealkylation sites (tertiary alicyclic amines) is 1. The fourth-order valence-electron chi connectivity index (χ4n) is 4.75. The third-order valence-corrected chi connectivity index (χ3v) is 6.65. The van der Waals surface area contributed by atoms with Crippen LogP contribution < -0.4 is 20.1 Å². The molecule has 2 unspecified atom stereocenters. The van der Waals surface area contributed by atoms with Gasteiger partial charge in [0.05, 0.1) is 20.3 Å². The van der Waals surface area contributed by atoms with Crippen LogP contribution in [0, 0.1) is 5.92 Å². The molecule has 1 saturated heterocycles. The highest BCUT2D eigenvalue weighted by molar-refractivity contribution is 14.0. The van der Waals surface area contributed by atoms with Gasteiger partial charge >= 0.3 is 0 Å². The Morgan fingerprint density at radius 1 is 1.18 bits per heavy atom. The molecule has 2 atom stereocenters. The molecule has 2 N–H and O–H groups in total. The minimum atomic E-state index is 0. The fourth-order valence-corrected chi connectivity index (χ4v) is 4.75. The first-order valence-electron chi connectivity index (χ1n) is 11.6. The van der Waals surface area contributed by atoms with Gasteiger partial charge in [0.2, 0.25) is 5.91 Å². The van der Waals surface area contributed by atoms with Gasteiger partial charge in [-0.15, -0.1) is 24.0 Å². The Bertz CT molecular complexity index is 798. The van der Waals surface area contributed by atoms with E-state index in [0.29, 0.717) is 12.5 Å². The maximum atomic E-state index is 12.7. The van der Waals surface area contributed by atoms with E-state index in [0.717, 1.165) is 55.4 Å². The molecular weight excluding hydrogens is 533 g/mol. The topological polar surface area (TPSA) is 78.4 Å². The fraction of sp³-hybridized carbons (Fsp3) is 0.667. The van der Waals surface area contributed by atoms with Gasteiger partial charge in [-0.05, 0) is 51.1 Å². The summed E-state index contributed by atoms with van der Waals surface area (Å²) in [6.07, 6.45) is 5.44. The number of carbonyl (C=O) groups is 1. The highest BCUT2D eigenvalue weighted by Crippen LogP contribution is 2.31. The van der Waals surface area contributed by atoms with Crippen molar-refractivity contribution in [1.82, 2.24) is 20.4 Å². The molecule has 0 spiro atoms. The van der Waals surface area contributed by atoms with E-state index in [-0.39, 0.29) is 42.0 Å². The molecule has 8 nitrogen and oxygen atoms in total. The molecule has 0 aromatic heterocycles. The van der Waals surface area contributed by atoms with Gasteiger partial charge in [-0.2, -0.15) is 0 Å². The normalized spacial score (nSPS) is 19.9. The maximum absolute atomic E-state index is 12.7. The molecule has 1 saturated carbocycles. The van der Waals surface area contributed by atoms with Gasteiger partial charge < -0.3 is 29.9 Å². The summed E-state index contributed by atoms with van der Waals surface area (Å²) < 4.78 is 10.8. The van der Waals surface area contributed by atoms with Gasteiger partial charge in [-0.25, -0.2) is 0 Å². The SMILES string of the molecule is CN=C(NCC(c1ccc(OC)c(OC)c1)N(C)C)NC1CCN(C(=O)C2CCCC2)C1.I. The second-order valence-electron chi connectivity index (χ2n) is 8.94. The van der Waals surface area contributed by atoms with Gasteiger partial charge in [0.25, 0.3) is 0 Å². The van der Waals surface area contributed by atoms with Crippen molar-refractivity contribution in [3.8, 4) is 11.5 Å². The molecule has 1 aliphatic carbocycles. The van der Waals surface area contributed by atoms with Crippen LogP contribution in [-0.2, 0) is 4.79 Å². The first-order valence-corrected chi connectivity index (χ1v) is 11.6. The number of nitrogens with zero attached hydrogens (tertiary/aromatic N) is 3. The number of guanidine groups is 1. The van der Waals surface area contributed by atoms with Gasteiger partial charge in [-0.1, -0.05) is 18.9 Å². The van der Waals surface area contributed by atoms with Crippen molar-refractivity contribution in [2.45, 2.75) is 44.2 Å². The number of hydrogen-bond acceptors (Lipinski definition) is 5. The van der Waals surface area contributed by atoms with Crippen LogP contribution in [-0.4, -0.2) is 82.7 Å². The van der Waals surface area contributed by atoms with E-state index >= 15 is 0 Å². The molecule has 1 aliphatic heterocycles. The largest absolute Gasteiger partial charge is 0.493 e. The molecule has 1 heterocycles. The number of nitrogens with one attached hydrogen (secondary N) is 2. The Morgan fingerprint density at radius 2 is 1.88 bits per heavy atom. The summed E-state index contributed by atoms with van der Waals surface area (Å²) in [7, 11) is 9.20. The molecule has 3 rings (SSSR count). The lowest BCUT2D eigenvalue weighted by Gasteiger charge is -2.27. The lowest BCUT2D eigenvalue weighted by atomic mass is 10.1. The quantitative estimate of drug-likeness (QED) is 0.283. The summed E-state index contributed by atoms with van der Waals surface area (Å²) in [5.74, 6) is 2.79. The second-order valence-corrected chi connectivity index (χ2v) is 8.94. The van der Waals surface area contributed by atoms with Gasteiger partial charge in [-0.3, -0.25) is 9.79 Å². The number of ether oxygens (including phenoxy) is 2. The van der Waals surface area contributed by atoms with E-state index in [2.05, 4.69) is 40.7 Å². The number of benzene rings is 1. The Hall–Kier alpha value is -1.75. The van der Waals surface area contributed by atoms with Crippen molar-refractivity contribution in [2.24, 2.45) is 10.9 Å². The van der Waals surface area contributed by atoms with Crippen LogP contribution in [0.2, 0.25) is 0 Å². The summed E-state index contributed by atoms with van der Waals surface area (Å²) in [5.41, 5.74) is 1.13. The van der Waals surface area contributed by atoms with Crippen LogP contribution in [0.15, 0.2) is 23.2 Å². The number of rotatable bonds is 8. The number of amides is 1. The average molecular weight is 574 g/mol. The van der Waals surface area contributed by atoms with Crippen LogP contribution in [0.1, 0.15) is 43.7 Å². The molecule has 9 heteroatoms. The molecule has 1 aromatic carbocycles. The van der Waals surface area contributed by atoms with E-state index in [1.54, 1.807) is 21.3 Å². The molecule has 1 amide bonds. The number of aliphatic imine (C=N–C) groups is 1. The summed E-state index contributed by atoms with van der Waals surface area (Å²) in [6, 6.07) is 6.37. The van der Waals surface area contributed by atoms with Crippen molar-refractivity contribution in [2.75, 3.05) is 55.0 Å². The van der Waals surface area contributed by atoms with Crippen molar-refractivity contribution < 1.29 is 14.3 Å². The van der Waals surface area contributed by atoms with E-state index in [9.17, 15) is 4.79 Å². The smallest absolute Gasteiger partial charge is 0.225 e. The third kappa shape index (κ3) is 7.11. The number of halogens is 1. The maximum Gasteiger partial charge on any atom is 0.225 e. The number of carbonyl (C=O) groups excluding carboxylic acids is 1. The zero-order valence-corrected chi connectivity index (χ0v) is 22.9. The first-order chi connectivity index (χ1) is 15.5. The predicted molar refractivity (Wildman–Crippen MR) is 143 cm³/mol. The summed E-state index contributed by atoms with van der Waals surface area (Å²) in [6.45, 7) is 2.26. The van der Waals surface area contributed by atoms with Crippen molar-refractivity contribution in [3.63, 3.8) is 0 Å². The monoisotopic (exact) mass is 573 g/mol. The summed E-state index contributed by atoms with van der Waals surface area (Å²) in [4.78, 5) is 21.3. The molecule has 33 heavy (non-hydrogen) atoms. The Morgan fingerprint density at radius 3 is 2.48 bits per heavy atom. The lowest BCUT2D eigenvalue weighted by molar-refractivity contribution is -0.134. The number of likely N-dealkylation sites (N-methyl/N-ethyl adjacent to an activating group) is 1.